The Bertz CT molecular complexity index is 1750. The molecule has 1 amide bonds. The molecule has 2 heterocycles. The fourth-order valence-electron chi connectivity index (χ4n) is 5.48. The van der Waals surface area contributed by atoms with E-state index in [1.165, 1.54) is 43.6 Å². The molecule has 2 aromatic heterocycles. The van der Waals surface area contributed by atoms with Crippen LogP contribution in [-0.4, -0.2) is 42.6 Å². The second-order valence-electron chi connectivity index (χ2n) is 10.8. The van der Waals surface area contributed by atoms with E-state index in [0.717, 1.165) is 40.2 Å². The molecule has 1 saturated carbocycles. The van der Waals surface area contributed by atoms with Crippen molar-refractivity contribution in [2.45, 2.75) is 56.4 Å². The molecule has 2 aromatic carbocycles. The molecular weight excluding hydrogens is 617 g/mol. The molecule has 1 fully saturated rings. The number of hydrogen-bond acceptors (Lipinski definition) is 6. The number of amides is 1. The first-order chi connectivity index (χ1) is 21.5. The number of carbonyl (C=O) groups is 1. The van der Waals surface area contributed by atoms with E-state index in [9.17, 15) is 36.1 Å². The summed E-state index contributed by atoms with van der Waals surface area (Å²) in [6.07, 6.45) is 8.88. The number of nitrogens with zero attached hydrogens (tertiary/aromatic N) is 5. The lowest BCUT2D eigenvalue weighted by atomic mass is 9.85. The van der Waals surface area contributed by atoms with Crippen LogP contribution in [0.2, 0.25) is 0 Å². The molecule has 5 rings (SSSR count). The maximum Gasteiger partial charge on any atom is 0.274 e. The van der Waals surface area contributed by atoms with E-state index in [2.05, 4.69) is 10.1 Å². The maximum atomic E-state index is 14.5. The third-order valence-electron chi connectivity index (χ3n) is 8.03. The van der Waals surface area contributed by atoms with Crippen LogP contribution < -0.4 is 10.5 Å². The number of likely N-dealkylation sites (N-methyl/N-ethyl adjacent to an activating group) is 1. The largest absolute Gasteiger partial charge is 0.593 e. The highest BCUT2D eigenvalue weighted by Gasteiger charge is 2.38. The molecule has 0 radical (unpaired) electrons. The van der Waals surface area contributed by atoms with Crippen molar-refractivity contribution >= 4 is 33.7 Å². The predicted molar refractivity (Wildman–Crippen MR) is 158 cm³/mol. The number of hydrogen-bond donors (Lipinski definition) is 0. The third kappa shape index (κ3) is 6.58. The van der Waals surface area contributed by atoms with E-state index in [-0.39, 0.29) is 18.6 Å². The van der Waals surface area contributed by atoms with Crippen LogP contribution in [0.1, 0.15) is 56.2 Å². The summed E-state index contributed by atoms with van der Waals surface area (Å²) in [7, 11) is 1.50. The predicted octanol–water partition coefficient (Wildman–Crippen LogP) is 5.65. The van der Waals surface area contributed by atoms with E-state index in [1.54, 1.807) is 18.3 Å². The molecule has 1 atom stereocenters. The highest BCUT2D eigenvalue weighted by atomic mass is 32.2. The van der Waals surface area contributed by atoms with Crippen LogP contribution >= 0.6 is 0 Å². The molecule has 1 aliphatic carbocycles. The van der Waals surface area contributed by atoms with Crippen molar-refractivity contribution in [2.24, 2.45) is 7.05 Å². The Morgan fingerprint density at radius 2 is 1.64 bits per heavy atom. The molecular formula is C31H30F5N5O3S. The summed E-state index contributed by atoms with van der Waals surface area (Å²) in [5.41, 5.74) is 1.57. The van der Waals surface area contributed by atoms with Gasteiger partial charge < -0.3 is 9.45 Å². The SMILES string of the molecule is CCN(CC(=O)N(Cc1ccc(C2CCCCC2)cn1)c1ccc2c(=O)n(C)ncc2c1)[S+]([O-])c1c(F)c(F)c(F)c(F)c1F. The number of pyridine rings is 1. The van der Waals surface area contributed by atoms with Gasteiger partial charge in [-0.1, -0.05) is 25.3 Å². The van der Waals surface area contributed by atoms with Crippen LogP contribution in [0.4, 0.5) is 27.6 Å². The first kappa shape index (κ1) is 32.5. The molecule has 14 heteroatoms. The zero-order chi connectivity index (χ0) is 32.4. The molecule has 0 aliphatic heterocycles. The van der Waals surface area contributed by atoms with E-state index in [4.69, 9.17) is 0 Å². The summed E-state index contributed by atoms with van der Waals surface area (Å²) in [6.45, 7) is 0.401. The second-order valence-corrected chi connectivity index (χ2v) is 12.3. The molecule has 8 nitrogen and oxygen atoms in total. The van der Waals surface area contributed by atoms with Crippen molar-refractivity contribution in [1.29, 1.82) is 0 Å². The average molecular weight is 648 g/mol. The Morgan fingerprint density at radius 3 is 2.27 bits per heavy atom. The van der Waals surface area contributed by atoms with Gasteiger partial charge in [0, 0.05) is 30.9 Å². The lowest BCUT2D eigenvalue weighted by molar-refractivity contribution is -0.119. The molecule has 4 aromatic rings. The minimum absolute atomic E-state index is 0.0692. The highest BCUT2D eigenvalue weighted by molar-refractivity contribution is 7.89. The summed E-state index contributed by atoms with van der Waals surface area (Å²) < 4.78 is 85.5. The number of benzene rings is 2. The van der Waals surface area contributed by atoms with Crippen molar-refractivity contribution in [3.8, 4) is 0 Å². The summed E-state index contributed by atoms with van der Waals surface area (Å²) in [6, 6.07) is 8.39. The quantitative estimate of drug-likeness (QED) is 0.101. The Balaban J connectivity index is 1.48. The first-order valence-corrected chi connectivity index (χ1v) is 15.5. The topological polar surface area (TPSA) is 94.4 Å². The lowest BCUT2D eigenvalue weighted by Gasteiger charge is -2.28. The van der Waals surface area contributed by atoms with Crippen molar-refractivity contribution in [3.05, 3.63) is 93.4 Å². The van der Waals surface area contributed by atoms with Crippen LogP contribution in [0.25, 0.3) is 10.8 Å². The van der Waals surface area contributed by atoms with Crippen molar-refractivity contribution in [3.63, 3.8) is 0 Å². The zero-order valence-corrected chi connectivity index (χ0v) is 25.4. The van der Waals surface area contributed by atoms with E-state index in [1.807, 2.05) is 6.07 Å². The number of fused-ring (bicyclic) bond motifs is 1. The van der Waals surface area contributed by atoms with Gasteiger partial charge in [0.1, 0.15) is 6.54 Å². The van der Waals surface area contributed by atoms with Gasteiger partial charge in [-0.15, -0.1) is 4.31 Å². The first-order valence-electron chi connectivity index (χ1n) is 14.4. The van der Waals surface area contributed by atoms with Gasteiger partial charge in [-0.2, -0.15) is 13.9 Å². The van der Waals surface area contributed by atoms with Gasteiger partial charge in [-0.05, 0) is 55.5 Å². The monoisotopic (exact) mass is 647 g/mol. The lowest BCUT2D eigenvalue weighted by Crippen LogP contribution is -2.43. The van der Waals surface area contributed by atoms with Gasteiger partial charge in [-0.3, -0.25) is 14.6 Å². The molecule has 1 aliphatic rings. The van der Waals surface area contributed by atoms with Crippen LogP contribution in [0.5, 0.6) is 0 Å². The van der Waals surface area contributed by atoms with Crippen molar-refractivity contribution in [2.75, 3.05) is 18.0 Å². The average Bonchev–Trinajstić information content (AvgIpc) is 3.06. The van der Waals surface area contributed by atoms with Gasteiger partial charge in [0.05, 0.1) is 35.2 Å². The Morgan fingerprint density at radius 1 is 0.978 bits per heavy atom. The van der Waals surface area contributed by atoms with Crippen molar-refractivity contribution in [1.82, 2.24) is 19.1 Å². The summed E-state index contributed by atoms with van der Waals surface area (Å²) in [4.78, 5) is 30.7. The smallest absolute Gasteiger partial charge is 0.274 e. The fourth-order valence-corrected chi connectivity index (χ4v) is 6.68. The van der Waals surface area contributed by atoms with Crippen LogP contribution in [0.3, 0.4) is 0 Å². The van der Waals surface area contributed by atoms with E-state index in [0.29, 0.717) is 28.1 Å². The van der Waals surface area contributed by atoms with Crippen LogP contribution in [0.15, 0.2) is 52.4 Å². The standard InChI is InChI=1S/C31H30F5N5O3S/c1-3-40(45(44)30-28(35)26(33)25(32)27(34)29(30)36)17-24(42)41(22-11-12-23-20(13-22)15-38-39(2)31(23)43)16-21-10-9-19(14-37-21)18-7-5-4-6-8-18/h9-15,18H,3-8,16-17H2,1-2H3. The molecule has 1 unspecified atom stereocenters. The molecule has 0 spiro atoms. The molecule has 0 N–H and O–H groups in total. The van der Waals surface area contributed by atoms with E-state index >= 15 is 0 Å². The summed E-state index contributed by atoms with van der Waals surface area (Å²) in [5, 5.41) is 4.81. The number of rotatable bonds is 9. The molecule has 0 saturated heterocycles. The fraction of sp³-hybridized carbons (Fsp3) is 0.355. The third-order valence-corrected chi connectivity index (χ3v) is 9.59. The van der Waals surface area contributed by atoms with E-state index < -0.39 is 57.8 Å². The summed E-state index contributed by atoms with van der Waals surface area (Å²) in [5.74, 6) is -11.6. The van der Waals surface area contributed by atoms with Gasteiger partial charge in [0.25, 0.3) is 10.5 Å². The number of aromatic nitrogens is 3. The number of halogens is 5. The Kier molecular flexibility index (Phi) is 9.85. The van der Waals surface area contributed by atoms with Crippen LogP contribution in [-0.2, 0) is 29.7 Å². The molecule has 238 valence electrons. The normalized spacial score (nSPS) is 14.7. The van der Waals surface area contributed by atoms with Crippen LogP contribution in [0, 0.1) is 29.1 Å². The second kappa shape index (κ2) is 13.6. The maximum absolute atomic E-state index is 14.5. The summed E-state index contributed by atoms with van der Waals surface area (Å²) >= 11 is -2.93. The minimum Gasteiger partial charge on any atom is -0.593 e. The van der Waals surface area contributed by atoms with Gasteiger partial charge in [0.15, 0.2) is 0 Å². The molecule has 0 bridgehead atoms. The van der Waals surface area contributed by atoms with Gasteiger partial charge in [0.2, 0.25) is 35.0 Å². The Labute approximate surface area is 258 Å². The van der Waals surface area contributed by atoms with Crippen molar-refractivity contribution < 1.29 is 31.3 Å². The van der Waals surface area contributed by atoms with Gasteiger partial charge in [-0.25, -0.2) is 17.9 Å². The highest BCUT2D eigenvalue weighted by Crippen LogP contribution is 2.33. The van der Waals surface area contributed by atoms with Gasteiger partial charge >= 0.3 is 0 Å². The zero-order valence-electron chi connectivity index (χ0n) is 24.5. The molecule has 45 heavy (non-hydrogen) atoms. The number of carbonyl (C=O) groups excluding carboxylic acids is 1. The number of anilines is 1. The minimum atomic E-state index is -2.93. The Hall–Kier alpha value is -3.88. The number of aryl methyl sites for hydroxylation is 1.